The molecule has 2 rings (SSSR count). The third kappa shape index (κ3) is 4.03. The Balaban J connectivity index is 2.06. The standard InChI is InChI=1S/C18H27NO3Si/c1-18(2,3)23(5,6)22-12-14-11-16(17(20)19-14)13-7-9-15(21-4)10-8-13/h7-11,14H,12H2,1-6H3,(H,19,20)/t14-/m1/s1. The van der Waals surface area contributed by atoms with Gasteiger partial charge < -0.3 is 14.5 Å². The molecule has 1 heterocycles. The van der Waals surface area contributed by atoms with Crippen molar-refractivity contribution in [3.63, 3.8) is 0 Å². The highest BCUT2D eigenvalue weighted by atomic mass is 28.4. The van der Waals surface area contributed by atoms with Gasteiger partial charge in [-0.2, -0.15) is 0 Å². The van der Waals surface area contributed by atoms with E-state index in [1.165, 1.54) is 0 Å². The Kier molecular flexibility index (Phi) is 5.01. The van der Waals surface area contributed by atoms with E-state index in [4.69, 9.17) is 9.16 Å². The molecule has 1 aromatic rings. The molecule has 0 radical (unpaired) electrons. The van der Waals surface area contributed by atoms with Gasteiger partial charge in [-0.3, -0.25) is 4.79 Å². The number of hydrogen-bond donors (Lipinski definition) is 1. The number of amides is 1. The lowest BCUT2D eigenvalue weighted by atomic mass is 10.1. The second-order valence-electron chi connectivity index (χ2n) is 7.46. The summed E-state index contributed by atoms with van der Waals surface area (Å²) in [7, 11) is -0.175. The molecule has 1 aromatic carbocycles. The lowest BCUT2D eigenvalue weighted by molar-refractivity contribution is -0.115. The monoisotopic (exact) mass is 333 g/mol. The van der Waals surface area contributed by atoms with E-state index >= 15 is 0 Å². The highest BCUT2D eigenvalue weighted by molar-refractivity contribution is 6.74. The van der Waals surface area contributed by atoms with Crippen LogP contribution in [0.1, 0.15) is 26.3 Å². The highest BCUT2D eigenvalue weighted by Gasteiger charge is 2.38. The lowest BCUT2D eigenvalue weighted by Crippen LogP contribution is -2.44. The molecule has 1 N–H and O–H groups in total. The van der Waals surface area contributed by atoms with Crippen molar-refractivity contribution in [2.75, 3.05) is 13.7 Å². The molecule has 4 nitrogen and oxygen atoms in total. The summed E-state index contributed by atoms with van der Waals surface area (Å²) in [5.41, 5.74) is 1.61. The van der Waals surface area contributed by atoms with Crippen LogP contribution in [-0.4, -0.2) is 34.0 Å². The van der Waals surface area contributed by atoms with Gasteiger partial charge in [0.1, 0.15) is 5.75 Å². The summed E-state index contributed by atoms with van der Waals surface area (Å²) in [5, 5.41) is 3.15. The number of methoxy groups -OCH3 is 1. The Labute approximate surface area is 140 Å². The second-order valence-corrected chi connectivity index (χ2v) is 12.3. The largest absolute Gasteiger partial charge is 0.497 e. The molecule has 0 bridgehead atoms. The lowest BCUT2D eigenvalue weighted by Gasteiger charge is -2.36. The predicted octanol–water partition coefficient (Wildman–Crippen LogP) is 3.60. The Morgan fingerprint density at radius 3 is 2.30 bits per heavy atom. The molecule has 1 aliphatic rings. The molecular formula is C18H27NO3Si. The van der Waals surface area contributed by atoms with Gasteiger partial charge in [0.05, 0.1) is 19.8 Å². The van der Waals surface area contributed by atoms with E-state index in [9.17, 15) is 4.79 Å². The highest BCUT2D eigenvalue weighted by Crippen LogP contribution is 2.36. The zero-order chi connectivity index (χ0) is 17.3. The van der Waals surface area contributed by atoms with Gasteiger partial charge in [-0.25, -0.2) is 0 Å². The van der Waals surface area contributed by atoms with Crippen molar-refractivity contribution >= 4 is 19.8 Å². The van der Waals surface area contributed by atoms with Gasteiger partial charge in [-0.1, -0.05) is 32.9 Å². The summed E-state index contributed by atoms with van der Waals surface area (Å²) in [5.74, 6) is 0.740. The first kappa shape index (κ1) is 17.8. The number of ether oxygens (including phenoxy) is 1. The van der Waals surface area contributed by atoms with Crippen LogP contribution in [0.25, 0.3) is 5.57 Å². The summed E-state index contributed by atoms with van der Waals surface area (Å²) in [6.45, 7) is 11.6. The SMILES string of the molecule is COc1ccc(C2=C[C@H](CO[Si](C)(C)C(C)(C)C)NC2=O)cc1. The topological polar surface area (TPSA) is 47.6 Å². The van der Waals surface area contributed by atoms with E-state index in [-0.39, 0.29) is 17.0 Å². The quantitative estimate of drug-likeness (QED) is 0.838. The molecule has 126 valence electrons. The first-order valence-electron chi connectivity index (χ1n) is 7.95. The van der Waals surface area contributed by atoms with Crippen LogP contribution < -0.4 is 10.1 Å². The fraction of sp³-hybridized carbons (Fsp3) is 0.500. The summed E-state index contributed by atoms with van der Waals surface area (Å²) in [6.07, 6.45) is 1.97. The molecule has 0 spiro atoms. The smallest absolute Gasteiger partial charge is 0.252 e. The molecule has 0 aliphatic carbocycles. The van der Waals surface area contributed by atoms with E-state index in [1.54, 1.807) is 7.11 Å². The number of benzene rings is 1. The molecule has 0 aromatic heterocycles. The Morgan fingerprint density at radius 1 is 1.17 bits per heavy atom. The van der Waals surface area contributed by atoms with E-state index in [2.05, 4.69) is 39.2 Å². The van der Waals surface area contributed by atoms with Crippen molar-refractivity contribution in [3.8, 4) is 5.75 Å². The van der Waals surface area contributed by atoms with E-state index in [1.807, 2.05) is 30.3 Å². The minimum Gasteiger partial charge on any atom is -0.497 e. The zero-order valence-corrected chi connectivity index (χ0v) is 15.9. The van der Waals surface area contributed by atoms with Crippen LogP contribution in [0.15, 0.2) is 30.3 Å². The minimum atomic E-state index is -1.81. The number of nitrogens with one attached hydrogen (secondary N) is 1. The average Bonchev–Trinajstić information content (AvgIpc) is 2.85. The van der Waals surface area contributed by atoms with Crippen molar-refractivity contribution in [1.29, 1.82) is 0 Å². The normalized spacial score (nSPS) is 18.6. The first-order valence-corrected chi connectivity index (χ1v) is 10.9. The average molecular weight is 334 g/mol. The van der Waals surface area contributed by atoms with E-state index in [0.29, 0.717) is 12.2 Å². The molecular weight excluding hydrogens is 306 g/mol. The van der Waals surface area contributed by atoms with Crippen LogP contribution in [0.5, 0.6) is 5.75 Å². The van der Waals surface area contributed by atoms with Gasteiger partial charge in [-0.05, 0) is 41.9 Å². The number of carbonyl (C=O) groups excluding carboxylic acids is 1. The van der Waals surface area contributed by atoms with Crippen molar-refractivity contribution < 1.29 is 14.0 Å². The van der Waals surface area contributed by atoms with Crippen LogP contribution in [0.4, 0.5) is 0 Å². The third-order valence-corrected chi connectivity index (χ3v) is 9.26. The molecule has 5 heteroatoms. The summed E-state index contributed by atoms with van der Waals surface area (Å²) in [6, 6.07) is 7.47. The van der Waals surface area contributed by atoms with Gasteiger partial charge in [0, 0.05) is 5.57 Å². The fourth-order valence-corrected chi connectivity index (χ4v) is 3.20. The number of hydrogen-bond acceptors (Lipinski definition) is 3. The van der Waals surface area contributed by atoms with Crippen molar-refractivity contribution in [3.05, 3.63) is 35.9 Å². The first-order chi connectivity index (χ1) is 10.6. The summed E-state index contributed by atoms with van der Waals surface area (Å²) < 4.78 is 11.4. The molecule has 0 unspecified atom stereocenters. The minimum absolute atomic E-state index is 0.0426. The molecule has 0 saturated heterocycles. The Bertz CT molecular complexity index is 600. The van der Waals surface area contributed by atoms with Gasteiger partial charge in [-0.15, -0.1) is 0 Å². The Hall–Kier alpha value is -1.59. The predicted molar refractivity (Wildman–Crippen MR) is 96.1 cm³/mol. The maximum absolute atomic E-state index is 12.2. The van der Waals surface area contributed by atoms with Crippen molar-refractivity contribution in [2.24, 2.45) is 0 Å². The Morgan fingerprint density at radius 2 is 1.78 bits per heavy atom. The van der Waals surface area contributed by atoms with Gasteiger partial charge >= 0.3 is 0 Å². The van der Waals surface area contributed by atoms with Crippen molar-refractivity contribution in [1.82, 2.24) is 5.32 Å². The van der Waals surface area contributed by atoms with Crippen LogP contribution >= 0.6 is 0 Å². The summed E-state index contributed by atoms with van der Waals surface area (Å²) in [4.78, 5) is 12.2. The third-order valence-electron chi connectivity index (χ3n) is 4.76. The second kappa shape index (κ2) is 6.49. The van der Waals surface area contributed by atoms with Gasteiger partial charge in [0.2, 0.25) is 0 Å². The van der Waals surface area contributed by atoms with Crippen LogP contribution in [-0.2, 0) is 9.22 Å². The number of rotatable bonds is 5. The van der Waals surface area contributed by atoms with Crippen LogP contribution in [0.2, 0.25) is 18.1 Å². The van der Waals surface area contributed by atoms with Crippen LogP contribution in [0, 0.1) is 0 Å². The molecule has 1 amide bonds. The van der Waals surface area contributed by atoms with E-state index < -0.39 is 8.32 Å². The molecule has 1 aliphatic heterocycles. The zero-order valence-electron chi connectivity index (χ0n) is 14.9. The van der Waals surface area contributed by atoms with Gasteiger partial charge in [0.25, 0.3) is 5.91 Å². The molecule has 0 fully saturated rings. The molecule has 23 heavy (non-hydrogen) atoms. The molecule has 0 saturated carbocycles. The fourth-order valence-electron chi connectivity index (χ4n) is 2.17. The van der Waals surface area contributed by atoms with Gasteiger partial charge in [0.15, 0.2) is 8.32 Å². The molecule has 1 atom stereocenters. The maximum atomic E-state index is 12.2. The summed E-state index contributed by atoms with van der Waals surface area (Å²) >= 11 is 0. The van der Waals surface area contributed by atoms with E-state index in [0.717, 1.165) is 11.3 Å². The maximum Gasteiger partial charge on any atom is 0.252 e. The number of carbonyl (C=O) groups is 1. The van der Waals surface area contributed by atoms with Crippen LogP contribution in [0.3, 0.4) is 0 Å². The van der Waals surface area contributed by atoms with Crippen molar-refractivity contribution in [2.45, 2.75) is 44.9 Å².